The number of aliphatic hydroxyl groups excluding tert-OH is 1. The second kappa shape index (κ2) is 11.6. The van der Waals surface area contributed by atoms with Crippen molar-refractivity contribution in [3.63, 3.8) is 0 Å². The van der Waals surface area contributed by atoms with Crippen LogP contribution >= 0.6 is 0 Å². The number of carbonyl (C=O) groups is 3. The number of likely N-dealkylation sites (tertiary alicyclic amines) is 1. The quantitative estimate of drug-likeness (QED) is 0.347. The summed E-state index contributed by atoms with van der Waals surface area (Å²) in [7, 11) is 1.75. The van der Waals surface area contributed by atoms with E-state index in [1.165, 1.54) is 0 Å². The number of nitrogens with zero attached hydrogens (tertiary/aromatic N) is 4. The minimum atomic E-state index is -1.25. The predicted octanol–water partition coefficient (Wildman–Crippen LogP) is 2.99. The van der Waals surface area contributed by atoms with Crippen LogP contribution in [0.25, 0.3) is 0 Å². The van der Waals surface area contributed by atoms with E-state index in [4.69, 9.17) is 4.74 Å². The molecule has 2 fully saturated rings. The molecule has 0 aliphatic carbocycles. The second-order valence-electron chi connectivity index (χ2n) is 11.6. The fraction of sp³-hybridized carbons (Fsp3) is 0.594. The number of unbranched alkanes of at least 4 members (excludes halogenated alkanes) is 2. The Morgan fingerprint density at radius 1 is 0.902 bits per heavy atom. The van der Waals surface area contributed by atoms with Crippen molar-refractivity contribution in [2.45, 2.75) is 63.7 Å². The smallest absolute Gasteiger partial charge is 0.253 e. The van der Waals surface area contributed by atoms with Crippen molar-refractivity contribution in [3.05, 3.63) is 48.6 Å². The van der Waals surface area contributed by atoms with E-state index in [2.05, 4.69) is 18.7 Å². The summed E-state index contributed by atoms with van der Waals surface area (Å²) in [4.78, 5) is 50.1. The normalized spacial score (nSPS) is 30.8. The van der Waals surface area contributed by atoms with Gasteiger partial charge in [-0.15, -0.1) is 0 Å². The predicted molar refractivity (Wildman–Crippen MR) is 159 cm³/mol. The van der Waals surface area contributed by atoms with Crippen LogP contribution in [0.15, 0.2) is 48.6 Å². The minimum Gasteiger partial charge on any atom is -0.396 e. The maximum atomic E-state index is 14.6. The average molecular weight is 565 g/mol. The third kappa shape index (κ3) is 4.67. The number of aliphatic hydroxyl groups is 1. The molecule has 4 aliphatic heterocycles. The summed E-state index contributed by atoms with van der Waals surface area (Å²) >= 11 is 0. The van der Waals surface area contributed by atoms with Crippen LogP contribution in [0.1, 0.15) is 46.5 Å². The third-order valence-corrected chi connectivity index (χ3v) is 9.49. The number of benzene rings is 1. The van der Waals surface area contributed by atoms with E-state index in [9.17, 15) is 19.5 Å². The Hall–Kier alpha value is -3.17. The van der Waals surface area contributed by atoms with Gasteiger partial charge in [0.25, 0.3) is 5.91 Å². The van der Waals surface area contributed by atoms with Crippen LogP contribution in [-0.4, -0.2) is 96.3 Å². The van der Waals surface area contributed by atoms with Gasteiger partial charge in [-0.25, -0.2) is 0 Å². The van der Waals surface area contributed by atoms with Crippen LogP contribution in [0, 0.1) is 11.8 Å². The monoisotopic (exact) mass is 564 g/mol. The number of likely N-dealkylation sites (N-methyl/N-ethyl adjacent to an activating group) is 1. The highest BCUT2D eigenvalue weighted by Gasteiger charge is 2.75. The number of ether oxygens (including phenoxy) is 1. The van der Waals surface area contributed by atoms with Crippen molar-refractivity contribution in [1.29, 1.82) is 0 Å². The van der Waals surface area contributed by atoms with Gasteiger partial charge in [-0.3, -0.25) is 14.4 Å². The first-order valence-corrected chi connectivity index (χ1v) is 15.2. The van der Waals surface area contributed by atoms with Crippen LogP contribution in [0.4, 0.5) is 11.4 Å². The van der Waals surface area contributed by atoms with Crippen LogP contribution in [0.2, 0.25) is 0 Å². The molecule has 2 saturated heterocycles. The summed E-state index contributed by atoms with van der Waals surface area (Å²) in [5, 5.41) is 9.30. The van der Waals surface area contributed by atoms with Gasteiger partial charge in [-0.2, -0.15) is 0 Å². The number of anilines is 2. The Morgan fingerprint density at radius 2 is 1.61 bits per heavy atom. The van der Waals surface area contributed by atoms with Crippen LogP contribution < -0.4 is 9.80 Å². The first kappa shape index (κ1) is 29.3. The molecule has 0 aromatic heterocycles. The fourth-order valence-corrected chi connectivity index (χ4v) is 7.36. The summed E-state index contributed by atoms with van der Waals surface area (Å²) in [6.45, 7) is 9.24. The first-order chi connectivity index (χ1) is 19.8. The molecular weight excluding hydrogens is 520 g/mol. The van der Waals surface area contributed by atoms with Gasteiger partial charge < -0.3 is 29.4 Å². The fourth-order valence-electron chi connectivity index (χ4n) is 7.36. The van der Waals surface area contributed by atoms with E-state index in [0.717, 1.165) is 30.9 Å². The Bertz CT molecular complexity index is 1210. The lowest BCUT2D eigenvalue weighted by Gasteiger charge is -2.38. The summed E-state index contributed by atoms with van der Waals surface area (Å²) in [6, 6.07) is 7.10. The topological polar surface area (TPSA) is 93.6 Å². The van der Waals surface area contributed by atoms with E-state index in [1.54, 1.807) is 21.7 Å². The lowest BCUT2D eigenvalue weighted by molar-refractivity contribution is -0.149. The molecule has 0 saturated carbocycles. The Labute approximate surface area is 243 Å². The Morgan fingerprint density at radius 3 is 2.27 bits per heavy atom. The number of hydrogen-bond donors (Lipinski definition) is 1. The third-order valence-electron chi connectivity index (χ3n) is 9.49. The van der Waals surface area contributed by atoms with Crippen molar-refractivity contribution in [2.75, 3.05) is 56.2 Å². The van der Waals surface area contributed by atoms with Gasteiger partial charge in [-0.1, -0.05) is 31.2 Å². The lowest BCUT2D eigenvalue weighted by Crippen LogP contribution is -2.56. The molecule has 1 N–H and O–H groups in total. The maximum absolute atomic E-state index is 14.6. The minimum absolute atomic E-state index is 0.0836. The molecular formula is C32H44N4O5. The standard InChI is InChI=1S/C32H44N4O5/c1-5-31-17-11-19-33(4)28(38)25(31)26-29(39)36(20-9-8-10-22-37)27-30(40)35(21-12-18-32(26,27)41-31)24-15-13-23(14-16-24)34(6-2)7-3/h11-18,25-27,37H,5-10,19-22H2,1-4H3/t25-,26+,27?,31+,32+/m1/s1. The van der Waals surface area contributed by atoms with Gasteiger partial charge in [-0.05, 0) is 63.8 Å². The van der Waals surface area contributed by atoms with Crippen molar-refractivity contribution in [3.8, 4) is 0 Å². The van der Waals surface area contributed by atoms with E-state index in [0.29, 0.717) is 38.9 Å². The number of hydrogen-bond acceptors (Lipinski definition) is 6. The highest BCUT2D eigenvalue weighted by atomic mass is 16.5. The largest absolute Gasteiger partial charge is 0.396 e. The van der Waals surface area contributed by atoms with Crippen molar-refractivity contribution >= 4 is 29.1 Å². The number of fused-ring (bicyclic) bond motifs is 2. The summed E-state index contributed by atoms with van der Waals surface area (Å²) < 4.78 is 6.98. The molecule has 0 bridgehead atoms. The van der Waals surface area contributed by atoms with E-state index in [1.807, 2.05) is 55.5 Å². The number of amides is 3. The van der Waals surface area contributed by atoms with E-state index in [-0.39, 0.29) is 24.3 Å². The van der Waals surface area contributed by atoms with Crippen molar-refractivity contribution in [2.24, 2.45) is 11.8 Å². The molecule has 3 amide bonds. The molecule has 1 aromatic carbocycles. The van der Waals surface area contributed by atoms with Gasteiger partial charge in [0.1, 0.15) is 11.6 Å². The highest BCUT2D eigenvalue weighted by molar-refractivity contribution is 6.06. The highest BCUT2D eigenvalue weighted by Crippen LogP contribution is 2.58. The zero-order valence-corrected chi connectivity index (χ0v) is 24.8. The van der Waals surface area contributed by atoms with Gasteiger partial charge in [0, 0.05) is 57.8 Å². The lowest BCUT2D eigenvalue weighted by atomic mass is 9.73. The molecule has 1 spiro atoms. The van der Waals surface area contributed by atoms with Crippen molar-refractivity contribution in [1.82, 2.24) is 9.80 Å². The molecule has 0 radical (unpaired) electrons. The van der Waals surface area contributed by atoms with Crippen LogP contribution in [0.5, 0.6) is 0 Å². The van der Waals surface area contributed by atoms with Crippen molar-refractivity contribution < 1.29 is 24.2 Å². The van der Waals surface area contributed by atoms with E-state index < -0.39 is 29.1 Å². The zero-order chi connectivity index (χ0) is 29.4. The molecule has 1 unspecified atom stereocenters. The zero-order valence-electron chi connectivity index (χ0n) is 24.8. The molecule has 41 heavy (non-hydrogen) atoms. The maximum Gasteiger partial charge on any atom is 0.253 e. The first-order valence-electron chi connectivity index (χ1n) is 15.2. The Balaban J connectivity index is 1.57. The molecule has 9 heteroatoms. The van der Waals surface area contributed by atoms with Crippen LogP contribution in [-0.2, 0) is 19.1 Å². The Kier molecular flexibility index (Phi) is 8.30. The summed E-state index contributed by atoms with van der Waals surface area (Å²) in [5.74, 6) is -2.04. The molecule has 4 heterocycles. The summed E-state index contributed by atoms with van der Waals surface area (Å²) in [6.07, 6.45) is 10.3. The van der Waals surface area contributed by atoms with E-state index >= 15 is 0 Å². The molecule has 4 aliphatic rings. The molecule has 222 valence electrons. The average Bonchev–Trinajstić information content (AvgIpc) is 3.27. The van der Waals surface area contributed by atoms with Crippen LogP contribution in [0.3, 0.4) is 0 Å². The summed E-state index contributed by atoms with van der Waals surface area (Å²) in [5.41, 5.74) is -0.362. The number of rotatable bonds is 10. The number of carbonyl (C=O) groups excluding carboxylic acids is 3. The second-order valence-corrected chi connectivity index (χ2v) is 11.6. The molecule has 9 nitrogen and oxygen atoms in total. The molecule has 5 atom stereocenters. The SMILES string of the molecule is CCN(CC)c1ccc(N2CC=C[C@]34O[C@@]5(CC)C=CCN(C)C(=O)[C@H]5[C@H]3C(=O)N(CCCCCO)C4C2=O)cc1. The van der Waals surface area contributed by atoms with Gasteiger partial charge in [0.15, 0.2) is 0 Å². The molecule has 5 rings (SSSR count). The van der Waals surface area contributed by atoms with Gasteiger partial charge in [0.05, 0.1) is 17.4 Å². The van der Waals surface area contributed by atoms with Gasteiger partial charge in [0.2, 0.25) is 11.8 Å². The van der Waals surface area contributed by atoms with Gasteiger partial charge >= 0.3 is 0 Å². The molecule has 1 aromatic rings.